The van der Waals surface area contributed by atoms with Gasteiger partial charge in [0.05, 0.1) is 0 Å². The van der Waals surface area contributed by atoms with Gasteiger partial charge in [0, 0.05) is 15.5 Å². The topological polar surface area (TPSA) is 6.48 Å². The second kappa shape index (κ2) is 12.6. The first-order valence-corrected chi connectivity index (χ1v) is 13.5. The minimum atomic E-state index is 0.0313. The third-order valence-corrected chi connectivity index (χ3v) is 7.67. The van der Waals surface area contributed by atoms with Crippen LogP contribution in [0.5, 0.6) is 0 Å². The minimum Gasteiger partial charge on any atom is -0.309 e. The molecule has 0 heterocycles. The van der Waals surface area contributed by atoms with Crippen molar-refractivity contribution in [3.63, 3.8) is 0 Å². The molecule has 2 nitrogen and oxygen atoms in total. The maximum atomic E-state index is 6.55. The van der Waals surface area contributed by atoms with E-state index in [0.717, 1.165) is 10.0 Å². The average Bonchev–Trinajstić information content (AvgIpc) is 3.01. The van der Waals surface area contributed by atoms with Crippen molar-refractivity contribution in [2.45, 2.75) is 69.6 Å². The van der Waals surface area contributed by atoms with Crippen molar-refractivity contribution >= 4 is 23.2 Å². The van der Waals surface area contributed by atoms with Crippen molar-refractivity contribution in [2.75, 3.05) is 41.3 Å². The van der Waals surface area contributed by atoms with Gasteiger partial charge < -0.3 is 9.80 Å². The summed E-state index contributed by atoms with van der Waals surface area (Å²) in [6, 6.07) is 13.0. The van der Waals surface area contributed by atoms with E-state index in [4.69, 9.17) is 23.2 Å². The highest BCUT2D eigenvalue weighted by molar-refractivity contribution is 6.31. The summed E-state index contributed by atoms with van der Waals surface area (Å²) in [7, 11) is 8.64. The van der Waals surface area contributed by atoms with Crippen LogP contribution < -0.4 is 0 Å². The third-order valence-electron chi connectivity index (χ3n) is 7.20. The van der Waals surface area contributed by atoms with Gasteiger partial charge in [0.2, 0.25) is 0 Å². The fraction of sp³-hybridized carbons (Fsp3) is 0.586. The van der Waals surface area contributed by atoms with Crippen LogP contribution in [-0.4, -0.2) is 51.1 Å². The Hall–Kier alpha value is -1.06. The maximum Gasteiger partial charge on any atom is 0.0409 e. The SMILES string of the molecule is CN(C)CCCCCCC1(CCCCCCN(C)C)c2cc(Cl)ccc2-c2ccc(Cl)cc21. The Balaban J connectivity index is 1.80. The van der Waals surface area contributed by atoms with Crippen molar-refractivity contribution in [3.05, 3.63) is 57.6 Å². The lowest BCUT2D eigenvalue weighted by Crippen LogP contribution is -2.25. The van der Waals surface area contributed by atoms with Crippen LogP contribution in [0, 0.1) is 0 Å². The summed E-state index contributed by atoms with van der Waals surface area (Å²) in [4.78, 5) is 4.57. The molecule has 2 aromatic carbocycles. The van der Waals surface area contributed by atoms with Gasteiger partial charge in [-0.25, -0.2) is 0 Å². The zero-order valence-electron chi connectivity index (χ0n) is 21.1. The molecule has 0 spiro atoms. The van der Waals surface area contributed by atoms with E-state index in [2.05, 4.69) is 62.3 Å². The summed E-state index contributed by atoms with van der Waals surface area (Å²) >= 11 is 13.1. The van der Waals surface area contributed by atoms with E-state index < -0.39 is 0 Å². The monoisotopic (exact) mass is 488 g/mol. The summed E-state index contributed by atoms with van der Waals surface area (Å²) in [6.07, 6.45) is 12.5. The number of rotatable bonds is 14. The standard InChI is InChI=1S/C29H42Cl2N2/c1-32(2)19-11-7-5-9-17-29(18-10-6-8-12-20-33(3)4)27-21-23(30)13-15-25(27)26-16-14-24(31)22-28(26)29/h13-16,21-22H,5-12,17-20H2,1-4H3. The Labute approximate surface area is 212 Å². The Bertz CT molecular complexity index is 818. The molecule has 0 fully saturated rings. The van der Waals surface area contributed by atoms with Crippen LogP contribution in [0.25, 0.3) is 11.1 Å². The second-order valence-corrected chi connectivity index (χ2v) is 11.3. The Kier molecular flexibility index (Phi) is 10.1. The van der Waals surface area contributed by atoms with Crippen LogP contribution in [0.3, 0.4) is 0 Å². The quantitative estimate of drug-likeness (QED) is 0.246. The van der Waals surface area contributed by atoms with E-state index in [-0.39, 0.29) is 5.41 Å². The fourth-order valence-electron chi connectivity index (χ4n) is 5.52. The molecule has 2 aromatic rings. The lowest BCUT2D eigenvalue weighted by Gasteiger charge is -2.33. The molecule has 1 aliphatic carbocycles. The van der Waals surface area contributed by atoms with Crippen molar-refractivity contribution in [1.82, 2.24) is 9.80 Å². The van der Waals surface area contributed by atoms with E-state index >= 15 is 0 Å². The van der Waals surface area contributed by atoms with Gasteiger partial charge in [0.15, 0.2) is 0 Å². The molecule has 182 valence electrons. The smallest absolute Gasteiger partial charge is 0.0409 e. The molecule has 0 radical (unpaired) electrons. The Morgan fingerprint density at radius 3 is 1.36 bits per heavy atom. The van der Waals surface area contributed by atoms with Crippen molar-refractivity contribution in [3.8, 4) is 11.1 Å². The first-order chi connectivity index (χ1) is 15.8. The van der Waals surface area contributed by atoms with E-state index in [1.54, 1.807) is 0 Å². The first kappa shape index (κ1) is 26.5. The van der Waals surface area contributed by atoms with Gasteiger partial charge in [-0.2, -0.15) is 0 Å². The number of halogens is 2. The van der Waals surface area contributed by atoms with E-state index in [9.17, 15) is 0 Å². The van der Waals surface area contributed by atoms with Gasteiger partial charge in [-0.1, -0.05) is 73.9 Å². The van der Waals surface area contributed by atoms with Gasteiger partial charge in [-0.05, 0) is 113 Å². The predicted octanol–water partition coefficient (Wildman–Crippen LogP) is 8.28. The van der Waals surface area contributed by atoms with Crippen LogP contribution in [0.1, 0.15) is 75.3 Å². The van der Waals surface area contributed by atoms with Crippen LogP contribution >= 0.6 is 23.2 Å². The number of benzene rings is 2. The van der Waals surface area contributed by atoms with E-state index in [0.29, 0.717) is 0 Å². The number of unbranched alkanes of at least 4 members (excludes halogenated alkanes) is 6. The molecule has 0 unspecified atom stereocenters. The number of hydrogen-bond donors (Lipinski definition) is 0. The molecule has 1 aliphatic rings. The lowest BCUT2D eigenvalue weighted by molar-refractivity contribution is 0.368. The van der Waals surface area contributed by atoms with E-state index in [1.165, 1.54) is 99.6 Å². The van der Waals surface area contributed by atoms with Crippen molar-refractivity contribution in [1.29, 1.82) is 0 Å². The third kappa shape index (κ3) is 6.98. The highest BCUT2D eigenvalue weighted by Gasteiger charge is 2.42. The molecule has 0 saturated carbocycles. The summed E-state index contributed by atoms with van der Waals surface area (Å²) in [5, 5.41) is 1.68. The largest absolute Gasteiger partial charge is 0.309 e. The zero-order valence-corrected chi connectivity index (χ0v) is 22.6. The predicted molar refractivity (Wildman–Crippen MR) is 146 cm³/mol. The van der Waals surface area contributed by atoms with Crippen LogP contribution in [0.15, 0.2) is 36.4 Å². The summed E-state index contributed by atoms with van der Waals surface area (Å²) in [5.41, 5.74) is 5.59. The van der Waals surface area contributed by atoms with Crippen molar-refractivity contribution in [2.24, 2.45) is 0 Å². The highest BCUT2D eigenvalue weighted by Crippen LogP contribution is 2.55. The molecule has 33 heavy (non-hydrogen) atoms. The van der Waals surface area contributed by atoms with Gasteiger partial charge >= 0.3 is 0 Å². The molecule has 0 bridgehead atoms. The Morgan fingerprint density at radius 1 is 0.576 bits per heavy atom. The number of fused-ring (bicyclic) bond motifs is 3. The lowest BCUT2D eigenvalue weighted by atomic mass is 9.70. The molecule has 0 atom stereocenters. The van der Waals surface area contributed by atoms with Crippen LogP contribution in [-0.2, 0) is 5.41 Å². The van der Waals surface area contributed by atoms with Gasteiger partial charge in [0.25, 0.3) is 0 Å². The number of nitrogens with zero attached hydrogens (tertiary/aromatic N) is 2. The molecule has 3 rings (SSSR count). The molecule has 0 amide bonds. The molecule has 0 N–H and O–H groups in total. The summed E-state index contributed by atoms with van der Waals surface area (Å²) in [6.45, 7) is 2.35. The molecule has 0 aromatic heterocycles. The summed E-state index contributed by atoms with van der Waals surface area (Å²) < 4.78 is 0. The molecule has 0 saturated heterocycles. The van der Waals surface area contributed by atoms with Crippen LogP contribution in [0.2, 0.25) is 10.0 Å². The van der Waals surface area contributed by atoms with Gasteiger partial charge in [-0.3, -0.25) is 0 Å². The fourth-order valence-corrected chi connectivity index (χ4v) is 5.86. The number of hydrogen-bond acceptors (Lipinski definition) is 2. The average molecular weight is 490 g/mol. The van der Waals surface area contributed by atoms with Gasteiger partial charge in [-0.15, -0.1) is 0 Å². The molecule has 4 heteroatoms. The molecule has 0 aliphatic heterocycles. The minimum absolute atomic E-state index is 0.0313. The van der Waals surface area contributed by atoms with E-state index in [1.807, 2.05) is 12.1 Å². The zero-order chi connectivity index (χ0) is 23.8. The second-order valence-electron chi connectivity index (χ2n) is 10.4. The summed E-state index contributed by atoms with van der Waals surface area (Å²) in [5.74, 6) is 0. The normalized spacial score (nSPS) is 14.2. The van der Waals surface area contributed by atoms with Crippen LogP contribution in [0.4, 0.5) is 0 Å². The highest BCUT2D eigenvalue weighted by atomic mass is 35.5. The van der Waals surface area contributed by atoms with Gasteiger partial charge in [0.1, 0.15) is 0 Å². The Morgan fingerprint density at radius 2 is 0.970 bits per heavy atom. The molecular formula is C29H42Cl2N2. The first-order valence-electron chi connectivity index (χ1n) is 12.7. The maximum absolute atomic E-state index is 6.55. The van der Waals surface area contributed by atoms with Crippen molar-refractivity contribution < 1.29 is 0 Å². The molecular weight excluding hydrogens is 447 g/mol.